The summed E-state index contributed by atoms with van der Waals surface area (Å²) in [5, 5.41) is 30.9. The maximum absolute atomic E-state index is 11.1. The molecule has 20 heavy (non-hydrogen) atoms. The molecule has 110 valence electrons. The molecule has 7 heteroatoms. The molecule has 0 aliphatic rings. The van der Waals surface area contributed by atoms with Gasteiger partial charge in [0.15, 0.2) is 0 Å². The fourth-order valence-electron chi connectivity index (χ4n) is 2.21. The summed E-state index contributed by atoms with van der Waals surface area (Å²) in [7, 11) is 0. The molecule has 1 aromatic rings. The third-order valence-electron chi connectivity index (χ3n) is 3.25. The molecule has 0 radical (unpaired) electrons. The third kappa shape index (κ3) is 3.99. The Morgan fingerprint density at radius 3 is 2.40 bits per heavy atom. The number of aliphatic hydroxyl groups excluding tert-OH is 1. The van der Waals surface area contributed by atoms with Crippen LogP contribution in [0.1, 0.15) is 44.1 Å². The predicted octanol–water partition coefficient (Wildman–Crippen LogP) is 3.16. The topological polar surface area (TPSA) is 107 Å². The highest BCUT2D eigenvalue weighted by atomic mass is 16.6. The Labute approximate surface area is 116 Å². The zero-order valence-electron chi connectivity index (χ0n) is 11.3. The van der Waals surface area contributed by atoms with Crippen LogP contribution in [-0.2, 0) is 0 Å². The van der Waals surface area contributed by atoms with Crippen molar-refractivity contribution in [1.29, 1.82) is 0 Å². The summed E-state index contributed by atoms with van der Waals surface area (Å²) in [5.74, 6) is -0.152. The average Bonchev–Trinajstić information content (AvgIpc) is 2.42. The maximum atomic E-state index is 11.1. The van der Waals surface area contributed by atoms with Gasteiger partial charge in [-0.05, 0) is 24.8 Å². The summed E-state index contributed by atoms with van der Waals surface area (Å²) >= 11 is 0. The first kappa shape index (κ1) is 16.0. The van der Waals surface area contributed by atoms with Gasteiger partial charge in [0.2, 0.25) is 0 Å². The van der Waals surface area contributed by atoms with Crippen LogP contribution < -0.4 is 0 Å². The molecule has 0 aromatic heterocycles. The molecule has 0 spiro atoms. The lowest BCUT2D eigenvalue weighted by Crippen LogP contribution is -2.06. The lowest BCUT2D eigenvalue weighted by molar-refractivity contribution is -0.394. The number of hydrogen-bond donors (Lipinski definition) is 1. The maximum Gasteiger partial charge on any atom is 0.279 e. The highest BCUT2D eigenvalue weighted by molar-refractivity contribution is 5.50. The second-order valence-corrected chi connectivity index (χ2v) is 4.61. The molecule has 0 aliphatic carbocycles. The second-order valence-electron chi connectivity index (χ2n) is 4.61. The molecule has 0 saturated heterocycles. The number of rotatable bonds is 8. The molecular weight excluding hydrogens is 264 g/mol. The molecule has 0 aliphatic heterocycles. The quantitative estimate of drug-likeness (QED) is 0.582. The van der Waals surface area contributed by atoms with Crippen LogP contribution in [0.25, 0.3) is 0 Å². The van der Waals surface area contributed by atoms with Gasteiger partial charge in [0, 0.05) is 18.2 Å². The third-order valence-corrected chi connectivity index (χ3v) is 3.25. The number of nitrogens with zero attached hydrogens (tertiary/aromatic N) is 2. The zero-order valence-corrected chi connectivity index (χ0v) is 11.3. The van der Waals surface area contributed by atoms with E-state index >= 15 is 0 Å². The minimum absolute atomic E-state index is 0.0669. The summed E-state index contributed by atoms with van der Waals surface area (Å²) in [6, 6.07) is 3.70. The zero-order chi connectivity index (χ0) is 15.1. The molecule has 0 saturated carbocycles. The van der Waals surface area contributed by atoms with E-state index in [1.807, 2.05) is 6.92 Å². The molecule has 1 N–H and O–H groups in total. The van der Waals surface area contributed by atoms with Crippen LogP contribution in [0, 0.1) is 20.2 Å². The van der Waals surface area contributed by atoms with Gasteiger partial charge in [-0.15, -0.1) is 0 Å². The fraction of sp³-hybridized carbons (Fsp3) is 0.538. The van der Waals surface area contributed by atoms with Crippen molar-refractivity contribution >= 4 is 11.4 Å². The Morgan fingerprint density at radius 2 is 1.90 bits per heavy atom. The molecule has 0 bridgehead atoms. The van der Waals surface area contributed by atoms with Gasteiger partial charge in [-0.3, -0.25) is 20.2 Å². The molecule has 1 rings (SSSR count). The van der Waals surface area contributed by atoms with Gasteiger partial charge in [0.25, 0.3) is 11.4 Å². The van der Waals surface area contributed by atoms with Crippen molar-refractivity contribution < 1.29 is 15.0 Å². The number of hydrogen-bond acceptors (Lipinski definition) is 5. The summed E-state index contributed by atoms with van der Waals surface area (Å²) in [6.45, 7) is 1.95. The average molecular weight is 282 g/mol. The van der Waals surface area contributed by atoms with E-state index in [2.05, 4.69) is 0 Å². The van der Waals surface area contributed by atoms with E-state index in [1.165, 1.54) is 12.1 Å². The number of benzene rings is 1. The minimum Gasteiger partial charge on any atom is -0.396 e. The normalized spacial score (nSPS) is 12.1. The lowest BCUT2D eigenvalue weighted by Gasteiger charge is -2.15. The van der Waals surface area contributed by atoms with Crippen LogP contribution in [0.5, 0.6) is 0 Å². The van der Waals surface area contributed by atoms with Gasteiger partial charge in [0.1, 0.15) is 0 Å². The summed E-state index contributed by atoms with van der Waals surface area (Å²) < 4.78 is 0. The van der Waals surface area contributed by atoms with Crippen LogP contribution in [0.15, 0.2) is 18.2 Å². The Hall–Kier alpha value is -2.02. The molecular formula is C13H18N2O5. The molecule has 1 aromatic carbocycles. The molecule has 7 nitrogen and oxygen atoms in total. The molecule has 1 atom stereocenters. The van der Waals surface area contributed by atoms with Crippen molar-refractivity contribution in [3.05, 3.63) is 44.0 Å². The Balaban J connectivity index is 3.18. The van der Waals surface area contributed by atoms with Gasteiger partial charge in [0.05, 0.1) is 15.9 Å². The minimum atomic E-state index is -0.649. The van der Waals surface area contributed by atoms with Crippen molar-refractivity contribution in [2.45, 2.75) is 38.5 Å². The first-order chi connectivity index (χ1) is 9.51. The van der Waals surface area contributed by atoms with E-state index in [9.17, 15) is 20.2 Å². The highest BCUT2D eigenvalue weighted by Gasteiger charge is 2.24. The van der Waals surface area contributed by atoms with E-state index in [0.717, 1.165) is 25.3 Å². The van der Waals surface area contributed by atoms with Gasteiger partial charge in [-0.2, -0.15) is 0 Å². The van der Waals surface area contributed by atoms with E-state index in [0.29, 0.717) is 12.0 Å². The molecule has 1 unspecified atom stereocenters. The van der Waals surface area contributed by atoms with Crippen molar-refractivity contribution in [2.75, 3.05) is 6.61 Å². The largest absolute Gasteiger partial charge is 0.396 e. The Morgan fingerprint density at radius 1 is 1.20 bits per heavy atom. The van der Waals surface area contributed by atoms with Crippen molar-refractivity contribution in [3.63, 3.8) is 0 Å². The number of unbranched alkanes of at least 4 members (excludes halogenated alkanes) is 1. The van der Waals surface area contributed by atoms with Crippen LogP contribution in [-0.4, -0.2) is 21.6 Å². The first-order valence-corrected chi connectivity index (χ1v) is 6.54. The smallest absolute Gasteiger partial charge is 0.279 e. The summed E-state index contributed by atoms with van der Waals surface area (Å²) in [4.78, 5) is 20.5. The fourth-order valence-corrected chi connectivity index (χ4v) is 2.21. The second kappa shape index (κ2) is 7.54. The Kier molecular flexibility index (Phi) is 6.05. The van der Waals surface area contributed by atoms with Gasteiger partial charge in [-0.25, -0.2) is 0 Å². The SMILES string of the molecule is CCCCC(CCO)c1ccc([N+](=O)[O-])cc1[N+](=O)[O-]. The van der Waals surface area contributed by atoms with Crippen LogP contribution in [0.2, 0.25) is 0 Å². The standard InChI is InChI=1S/C13H18N2O5/c1-2-3-4-10(7-8-16)12-6-5-11(14(17)18)9-13(12)15(19)20/h5-6,9-10,16H,2-4,7-8H2,1H3. The van der Waals surface area contributed by atoms with Crippen molar-refractivity contribution in [2.24, 2.45) is 0 Å². The molecule has 0 amide bonds. The van der Waals surface area contributed by atoms with Crippen LogP contribution in [0.3, 0.4) is 0 Å². The van der Waals surface area contributed by atoms with E-state index in [1.54, 1.807) is 0 Å². The monoisotopic (exact) mass is 282 g/mol. The molecule has 0 fully saturated rings. The lowest BCUT2D eigenvalue weighted by atomic mass is 9.89. The van der Waals surface area contributed by atoms with Crippen LogP contribution >= 0.6 is 0 Å². The number of non-ortho nitro benzene ring substituents is 1. The van der Waals surface area contributed by atoms with Crippen molar-refractivity contribution in [1.82, 2.24) is 0 Å². The van der Waals surface area contributed by atoms with E-state index in [4.69, 9.17) is 5.11 Å². The number of nitro groups is 2. The highest BCUT2D eigenvalue weighted by Crippen LogP contribution is 2.34. The van der Waals surface area contributed by atoms with E-state index < -0.39 is 9.85 Å². The summed E-state index contributed by atoms with van der Waals surface area (Å²) in [5.41, 5.74) is -0.0736. The van der Waals surface area contributed by atoms with Gasteiger partial charge >= 0.3 is 0 Å². The number of nitro benzene ring substituents is 2. The number of aliphatic hydroxyl groups is 1. The first-order valence-electron chi connectivity index (χ1n) is 6.54. The van der Waals surface area contributed by atoms with E-state index in [-0.39, 0.29) is 23.9 Å². The predicted molar refractivity (Wildman–Crippen MR) is 73.7 cm³/mol. The van der Waals surface area contributed by atoms with Crippen molar-refractivity contribution in [3.8, 4) is 0 Å². The van der Waals surface area contributed by atoms with Crippen LogP contribution in [0.4, 0.5) is 11.4 Å². The Bertz CT molecular complexity index is 490. The summed E-state index contributed by atoms with van der Waals surface area (Å²) in [6.07, 6.45) is 2.97. The van der Waals surface area contributed by atoms with Gasteiger partial charge in [-0.1, -0.05) is 19.8 Å². The van der Waals surface area contributed by atoms with Gasteiger partial charge < -0.3 is 5.11 Å². The molecule has 0 heterocycles.